The Morgan fingerprint density at radius 3 is 2.78 bits per heavy atom. The van der Waals surface area contributed by atoms with E-state index in [-0.39, 0.29) is 6.03 Å². The summed E-state index contributed by atoms with van der Waals surface area (Å²) >= 11 is 7.46. The molecule has 1 aromatic carbocycles. The number of carbonyl (C=O) groups excluding carboxylic acids is 1. The van der Waals surface area contributed by atoms with Gasteiger partial charge >= 0.3 is 6.03 Å². The van der Waals surface area contributed by atoms with Crippen LogP contribution >= 0.6 is 22.9 Å². The Labute approximate surface area is 114 Å². The Kier molecular flexibility index (Phi) is 3.84. The van der Waals surface area contributed by atoms with E-state index >= 15 is 0 Å². The lowest BCUT2D eigenvalue weighted by atomic mass is 10.2. The van der Waals surface area contributed by atoms with Crippen LogP contribution in [0, 0.1) is 0 Å². The van der Waals surface area contributed by atoms with Crippen molar-refractivity contribution in [3.63, 3.8) is 0 Å². The van der Waals surface area contributed by atoms with Gasteiger partial charge in [0.25, 0.3) is 0 Å². The normalized spacial score (nSPS) is 10.2. The largest absolute Gasteiger partial charge is 0.331 e. The molecule has 0 atom stereocenters. The van der Waals surface area contributed by atoms with Crippen LogP contribution in [0.25, 0.3) is 11.3 Å². The van der Waals surface area contributed by atoms with Gasteiger partial charge in [0.15, 0.2) is 5.13 Å². The molecule has 94 valence electrons. The SMILES string of the molecule is CN(C)C(=O)Nc1nc(-c2ccccc2Cl)cs1. The highest BCUT2D eigenvalue weighted by Gasteiger charge is 2.10. The Balaban J connectivity index is 2.21. The van der Waals surface area contributed by atoms with Crippen molar-refractivity contribution in [2.75, 3.05) is 19.4 Å². The monoisotopic (exact) mass is 281 g/mol. The van der Waals surface area contributed by atoms with Crippen molar-refractivity contribution in [2.24, 2.45) is 0 Å². The van der Waals surface area contributed by atoms with Gasteiger partial charge in [-0.1, -0.05) is 29.8 Å². The van der Waals surface area contributed by atoms with Gasteiger partial charge in [-0.25, -0.2) is 9.78 Å². The quantitative estimate of drug-likeness (QED) is 0.915. The maximum Gasteiger partial charge on any atom is 0.323 e. The van der Waals surface area contributed by atoms with Crippen molar-refractivity contribution in [2.45, 2.75) is 0 Å². The summed E-state index contributed by atoms with van der Waals surface area (Å²) in [6.07, 6.45) is 0. The predicted molar refractivity (Wildman–Crippen MR) is 75.3 cm³/mol. The summed E-state index contributed by atoms with van der Waals surface area (Å²) in [5.74, 6) is 0. The van der Waals surface area contributed by atoms with Gasteiger partial charge in [0.1, 0.15) is 0 Å². The first-order valence-electron chi connectivity index (χ1n) is 5.26. The molecule has 0 spiro atoms. The molecule has 6 heteroatoms. The molecule has 2 aromatic rings. The highest BCUT2D eigenvalue weighted by atomic mass is 35.5. The number of carbonyl (C=O) groups is 1. The number of aromatic nitrogens is 1. The molecular weight excluding hydrogens is 270 g/mol. The van der Waals surface area contributed by atoms with Crippen LogP contribution in [0.5, 0.6) is 0 Å². The third-order valence-corrected chi connectivity index (χ3v) is 3.36. The Hall–Kier alpha value is -1.59. The van der Waals surface area contributed by atoms with E-state index in [2.05, 4.69) is 10.3 Å². The fraction of sp³-hybridized carbons (Fsp3) is 0.167. The van der Waals surface area contributed by atoms with Crippen LogP contribution in [0.2, 0.25) is 5.02 Å². The molecule has 0 unspecified atom stereocenters. The van der Waals surface area contributed by atoms with Gasteiger partial charge < -0.3 is 4.90 Å². The predicted octanol–water partition coefficient (Wildman–Crippen LogP) is 3.56. The molecule has 1 heterocycles. The Bertz CT molecular complexity index is 568. The minimum absolute atomic E-state index is 0.199. The molecule has 0 aliphatic carbocycles. The van der Waals surface area contributed by atoms with Gasteiger partial charge in [-0.2, -0.15) is 0 Å². The van der Waals surface area contributed by atoms with E-state index in [1.165, 1.54) is 16.2 Å². The smallest absolute Gasteiger partial charge is 0.323 e. The molecule has 0 bridgehead atoms. The van der Waals surface area contributed by atoms with E-state index in [4.69, 9.17) is 11.6 Å². The van der Waals surface area contributed by atoms with E-state index in [0.29, 0.717) is 10.2 Å². The van der Waals surface area contributed by atoms with Gasteiger partial charge in [0, 0.05) is 30.1 Å². The summed E-state index contributed by atoms with van der Waals surface area (Å²) in [6, 6.07) is 7.28. The van der Waals surface area contributed by atoms with Crippen molar-refractivity contribution < 1.29 is 4.79 Å². The lowest BCUT2D eigenvalue weighted by molar-refractivity contribution is 0.230. The third-order valence-electron chi connectivity index (χ3n) is 2.27. The number of rotatable bonds is 2. The minimum Gasteiger partial charge on any atom is -0.331 e. The lowest BCUT2D eigenvalue weighted by Gasteiger charge is -2.09. The first kappa shape index (κ1) is 12.9. The standard InChI is InChI=1S/C12H12ClN3OS/c1-16(2)12(17)15-11-14-10(7-18-11)8-5-3-4-6-9(8)13/h3-7H,1-2H3,(H,14,15,17). The van der Waals surface area contributed by atoms with Crippen LogP contribution in [-0.4, -0.2) is 30.0 Å². The third kappa shape index (κ3) is 2.80. The maximum atomic E-state index is 11.5. The fourth-order valence-corrected chi connectivity index (χ4v) is 2.26. The van der Waals surface area contributed by atoms with Crippen LogP contribution < -0.4 is 5.32 Å². The van der Waals surface area contributed by atoms with E-state index in [1.807, 2.05) is 29.6 Å². The van der Waals surface area contributed by atoms with Gasteiger partial charge in [-0.3, -0.25) is 5.32 Å². The second-order valence-electron chi connectivity index (χ2n) is 3.84. The van der Waals surface area contributed by atoms with Gasteiger partial charge in [-0.15, -0.1) is 11.3 Å². The lowest BCUT2D eigenvalue weighted by Crippen LogP contribution is -2.27. The molecular formula is C12H12ClN3OS. The molecule has 0 saturated heterocycles. The summed E-state index contributed by atoms with van der Waals surface area (Å²) in [6.45, 7) is 0. The zero-order valence-corrected chi connectivity index (χ0v) is 11.5. The molecule has 0 aliphatic heterocycles. The van der Waals surface area contributed by atoms with Crippen LogP contribution in [0.3, 0.4) is 0 Å². The highest BCUT2D eigenvalue weighted by Crippen LogP contribution is 2.30. The molecule has 0 saturated carbocycles. The Morgan fingerprint density at radius 2 is 2.11 bits per heavy atom. The van der Waals surface area contributed by atoms with Gasteiger partial charge in [0.05, 0.1) is 5.69 Å². The number of nitrogens with zero attached hydrogens (tertiary/aromatic N) is 2. The summed E-state index contributed by atoms with van der Waals surface area (Å²) in [4.78, 5) is 17.3. The molecule has 2 rings (SSSR count). The number of amides is 2. The van der Waals surface area contributed by atoms with Crippen molar-refractivity contribution in [1.29, 1.82) is 0 Å². The second kappa shape index (κ2) is 5.37. The fourth-order valence-electron chi connectivity index (χ4n) is 1.33. The van der Waals surface area contributed by atoms with Crippen LogP contribution in [0.15, 0.2) is 29.6 Å². The topological polar surface area (TPSA) is 45.2 Å². The van der Waals surface area contributed by atoms with Crippen molar-refractivity contribution in [1.82, 2.24) is 9.88 Å². The van der Waals surface area contributed by atoms with Crippen LogP contribution in [0.1, 0.15) is 0 Å². The highest BCUT2D eigenvalue weighted by molar-refractivity contribution is 7.14. The number of nitrogens with one attached hydrogen (secondary N) is 1. The van der Waals surface area contributed by atoms with E-state index < -0.39 is 0 Å². The number of urea groups is 1. The number of halogens is 1. The first-order valence-corrected chi connectivity index (χ1v) is 6.52. The molecule has 1 aromatic heterocycles. The van der Waals surface area contributed by atoms with E-state index in [1.54, 1.807) is 14.1 Å². The summed E-state index contributed by atoms with van der Waals surface area (Å²) in [5.41, 5.74) is 1.63. The van der Waals surface area contributed by atoms with Crippen molar-refractivity contribution in [3.8, 4) is 11.3 Å². The van der Waals surface area contributed by atoms with Crippen LogP contribution in [-0.2, 0) is 0 Å². The van der Waals surface area contributed by atoms with Gasteiger partial charge in [-0.05, 0) is 6.07 Å². The Morgan fingerprint density at radius 1 is 1.39 bits per heavy atom. The van der Waals surface area contributed by atoms with E-state index in [9.17, 15) is 4.79 Å². The molecule has 4 nitrogen and oxygen atoms in total. The summed E-state index contributed by atoms with van der Waals surface area (Å²) < 4.78 is 0. The summed E-state index contributed by atoms with van der Waals surface area (Å²) in [7, 11) is 3.36. The van der Waals surface area contributed by atoms with Crippen molar-refractivity contribution in [3.05, 3.63) is 34.7 Å². The molecule has 18 heavy (non-hydrogen) atoms. The van der Waals surface area contributed by atoms with Gasteiger partial charge in [0.2, 0.25) is 0 Å². The number of hydrogen-bond donors (Lipinski definition) is 1. The zero-order valence-electron chi connectivity index (χ0n) is 9.98. The molecule has 2 amide bonds. The molecule has 1 N–H and O–H groups in total. The average molecular weight is 282 g/mol. The first-order chi connectivity index (χ1) is 8.58. The van der Waals surface area contributed by atoms with Crippen molar-refractivity contribution >= 4 is 34.1 Å². The molecule has 0 fully saturated rings. The summed E-state index contributed by atoms with van der Waals surface area (Å²) in [5, 5.41) is 5.78. The number of anilines is 1. The van der Waals surface area contributed by atoms with E-state index in [0.717, 1.165) is 11.3 Å². The number of thiazole rings is 1. The van der Waals surface area contributed by atoms with Crippen LogP contribution in [0.4, 0.5) is 9.93 Å². The molecule has 0 aliphatic rings. The number of benzene rings is 1. The zero-order chi connectivity index (χ0) is 13.1. The minimum atomic E-state index is -0.199. The maximum absolute atomic E-state index is 11.5. The second-order valence-corrected chi connectivity index (χ2v) is 5.11. The number of hydrogen-bond acceptors (Lipinski definition) is 3. The molecule has 0 radical (unpaired) electrons. The average Bonchev–Trinajstić information content (AvgIpc) is 2.77.